The van der Waals surface area contributed by atoms with E-state index in [4.69, 9.17) is 0 Å². The predicted octanol–water partition coefficient (Wildman–Crippen LogP) is 4.41. The molecule has 6 heteroatoms. The van der Waals surface area contributed by atoms with Gasteiger partial charge in [-0.25, -0.2) is 9.07 Å². The van der Waals surface area contributed by atoms with Crippen LogP contribution in [0.15, 0.2) is 42.6 Å². The van der Waals surface area contributed by atoms with Crippen molar-refractivity contribution in [2.75, 3.05) is 19.6 Å². The number of rotatable bonds is 4. The topological polar surface area (TPSA) is 34.0 Å². The van der Waals surface area contributed by atoms with Crippen molar-refractivity contribution in [3.63, 3.8) is 0 Å². The molecule has 4 nitrogen and oxygen atoms in total. The van der Waals surface area contributed by atoms with Gasteiger partial charge in [0.2, 0.25) is 0 Å². The van der Waals surface area contributed by atoms with Gasteiger partial charge in [-0.3, -0.25) is 0 Å². The Kier molecular flexibility index (Phi) is 4.10. The van der Waals surface area contributed by atoms with Crippen molar-refractivity contribution in [3.8, 4) is 21.0 Å². The molecule has 134 valence electrons. The van der Waals surface area contributed by atoms with Crippen LogP contribution in [0.5, 0.6) is 0 Å². The van der Waals surface area contributed by atoms with Crippen molar-refractivity contribution in [2.45, 2.75) is 25.6 Å². The molecule has 0 aliphatic carbocycles. The molecule has 5 heterocycles. The van der Waals surface area contributed by atoms with Crippen LogP contribution in [0, 0.1) is 5.92 Å². The summed E-state index contributed by atoms with van der Waals surface area (Å²) in [4.78, 5) is 4.78. The smallest absolute Gasteiger partial charge is 0.123 e. The first-order valence-electron chi connectivity index (χ1n) is 9.20. The second kappa shape index (κ2) is 6.59. The maximum absolute atomic E-state index is 12.9. The lowest BCUT2D eigenvalue weighted by molar-refractivity contribution is 0.0504. The van der Waals surface area contributed by atoms with Gasteiger partial charge in [0.25, 0.3) is 0 Å². The first-order chi connectivity index (χ1) is 12.8. The average Bonchev–Trinajstić information content (AvgIpc) is 3.38. The molecule has 6 rings (SSSR count). The zero-order valence-electron chi connectivity index (χ0n) is 14.5. The Bertz CT molecular complexity index is 910. The summed E-state index contributed by atoms with van der Waals surface area (Å²) in [5.74, 6) is 0.733. The molecule has 1 aromatic carbocycles. The van der Waals surface area contributed by atoms with E-state index in [9.17, 15) is 4.39 Å². The van der Waals surface area contributed by atoms with Gasteiger partial charge in [0.05, 0.1) is 17.1 Å². The lowest BCUT2D eigenvalue weighted by Crippen LogP contribution is -2.48. The zero-order valence-corrected chi connectivity index (χ0v) is 15.3. The van der Waals surface area contributed by atoms with Crippen molar-refractivity contribution >= 4 is 11.3 Å². The highest BCUT2D eigenvalue weighted by atomic mass is 32.1. The van der Waals surface area contributed by atoms with E-state index in [0.29, 0.717) is 11.6 Å². The second-order valence-electron chi connectivity index (χ2n) is 7.29. The molecular formula is C20H21FN4S. The highest BCUT2D eigenvalue weighted by Crippen LogP contribution is 2.37. The SMILES string of the molecule is FCc1cccc(-c2ccc(-c3cn(C4CN5CCC4CC5)nn3)s2)c1. The number of benzene rings is 1. The molecule has 3 aromatic rings. The largest absolute Gasteiger partial charge is 0.301 e. The van der Waals surface area contributed by atoms with Crippen LogP contribution in [0.4, 0.5) is 4.39 Å². The molecule has 1 unspecified atom stereocenters. The summed E-state index contributed by atoms with van der Waals surface area (Å²) in [5.41, 5.74) is 2.70. The molecule has 0 amide bonds. The molecule has 0 radical (unpaired) electrons. The summed E-state index contributed by atoms with van der Waals surface area (Å²) in [6.07, 6.45) is 4.64. The Hall–Kier alpha value is -2.05. The molecule has 1 atom stereocenters. The number of hydrogen-bond donors (Lipinski definition) is 0. The number of thiophene rings is 1. The van der Waals surface area contributed by atoms with Crippen LogP contribution in [0.2, 0.25) is 0 Å². The lowest BCUT2D eigenvalue weighted by Gasteiger charge is -2.44. The van der Waals surface area contributed by atoms with E-state index in [2.05, 4.69) is 38.2 Å². The zero-order chi connectivity index (χ0) is 17.5. The van der Waals surface area contributed by atoms with Crippen LogP contribution in [-0.2, 0) is 6.67 Å². The normalized spacial score (nSPS) is 24.9. The molecule has 0 spiro atoms. The summed E-state index contributed by atoms with van der Waals surface area (Å²) in [6.45, 7) is 3.13. The van der Waals surface area contributed by atoms with Crippen molar-refractivity contribution < 1.29 is 4.39 Å². The number of alkyl halides is 1. The van der Waals surface area contributed by atoms with Crippen molar-refractivity contribution in [2.24, 2.45) is 5.92 Å². The van der Waals surface area contributed by atoms with Crippen LogP contribution >= 0.6 is 11.3 Å². The second-order valence-corrected chi connectivity index (χ2v) is 8.37. The van der Waals surface area contributed by atoms with E-state index in [1.54, 1.807) is 11.3 Å². The third-order valence-corrected chi connectivity index (χ3v) is 6.85. The molecule has 2 bridgehead atoms. The Balaban J connectivity index is 1.39. The molecule has 3 aliphatic rings. The van der Waals surface area contributed by atoms with Crippen LogP contribution in [-0.4, -0.2) is 39.5 Å². The first-order valence-corrected chi connectivity index (χ1v) is 10.0. The van der Waals surface area contributed by atoms with Crippen LogP contribution in [0.3, 0.4) is 0 Å². The van der Waals surface area contributed by atoms with Crippen molar-refractivity contribution in [1.29, 1.82) is 0 Å². The maximum atomic E-state index is 12.9. The van der Waals surface area contributed by atoms with E-state index in [0.717, 1.165) is 33.5 Å². The van der Waals surface area contributed by atoms with E-state index in [-0.39, 0.29) is 0 Å². The van der Waals surface area contributed by atoms with E-state index in [1.165, 1.54) is 25.9 Å². The average molecular weight is 368 g/mol. The molecule has 0 N–H and O–H groups in total. The maximum Gasteiger partial charge on any atom is 0.123 e. The van der Waals surface area contributed by atoms with Crippen LogP contribution in [0.25, 0.3) is 21.0 Å². The van der Waals surface area contributed by atoms with Crippen LogP contribution < -0.4 is 0 Å². The lowest BCUT2D eigenvalue weighted by atomic mass is 9.84. The summed E-state index contributed by atoms with van der Waals surface area (Å²) in [7, 11) is 0. The molecule has 3 saturated heterocycles. The van der Waals surface area contributed by atoms with Gasteiger partial charge in [-0.1, -0.05) is 23.4 Å². The fourth-order valence-corrected chi connectivity index (χ4v) is 5.18. The fourth-order valence-electron chi connectivity index (χ4n) is 4.22. The van der Waals surface area contributed by atoms with E-state index >= 15 is 0 Å². The monoisotopic (exact) mass is 368 g/mol. The van der Waals surface area contributed by atoms with Gasteiger partial charge in [-0.2, -0.15) is 0 Å². The highest BCUT2D eigenvalue weighted by molar-refractivity contribution is 7.18. The molecule has 0 saturated carbocycles. The number of fused-ring (bicyclic) bond motifs is 3. The molecule has 3 fully saturated rings. The quantitative estimate of drug-likeness (QED) is 0.684. The molecule has 2 aromatic heterocycles. The van der Waals surface area contributed by atoms with Gasteiger partial charge in [-0.05, 0) is 61.2 Å². The molecule has 26 heavy (non-hydrogen) atoms. The Morgan fingerprint density at radius 1 is 1.12 bits per heavy atom. The minimum atomic E-state index is -0.431. The Morgan fingerprint density at radius 3 is 2.73 bits per heavy atom. The van der Waals surface area contributed by atoms with Gasteiger partial charge in [0.15, 0.2) is 0 Å². The number of hydrogen-bond acceptors (Lipinski definition) is 4. The number of halogens is 1. The van der Waals surface area contributed by atoms with E-state index < -0.39 is 6.67 Å². The number of piperidine rings is 3. The van der Waals surface area contributed by atoms with E-state index in [1.807, 2.05) is 24.3 Å². The Morgan fingerprint density at radius 2 is 1.96 bits per heavy atom. The fraction of sp³-hybridized carbons (Fsp3) is 0.400. The van der Waals surface area contributed by atoms with Gasteiger partial charge < -0.3 is 4.90 Å². The summed E-state index contributed by atoms with van der Waals surface area (Å²) in [5, 5.41) is 8.87. The summed E-state index contributed by atoms with van der Waals surface area (Å²) in [6, 6.07) is 12.3. The third-order valence-electron chi connectivity index (χ3n) is 5.70. The minimum Gasteiger partial charge on any atom is -0.301 e. The standard InChI is InChI=1S/C20H21FN4S/c21-11-14-2-1-3-16(10-14)19-4-5-20(26-19)17-12-25(23-22-17)18-13-24-8-6-15(18)7-9-24/h1-5,10,12,15,18H,6-9,11,13H2. The van der Waals surface area contributed by atoms with Crippen molar-refractivity contribution in [3.05, 3.63) is 48.2 Å². The minimum absolute atomic E-state index is 0.431. The summed E-state index contributed by atoms with van der Waals surface area (Å²) >= 11 is 1.68. The summed E-state index contributed by atoms with van der Waals surface area (Å²) < 4.78 is 15.0. The van der Waals surface area contributed by atoms with Gasteiger partial charge in [0, 0.05) is 11.4 Å². The van der Waals surface area contributed by atoms with Crippen molar-refractivity contribution in [1.82, 2.24) is 19.9 Å². The highest BCUT2D eigenvalue weighted by Gasteiger charge is 2.35. The molecular weight excluding hydrogens is 347 g/mol. The Labute approximate surface area is 156 Å². The first kappa shape index (κ1) is 16.1. The number of nitrogens with zero attached hydrogens (tertiary/aromatic N) is 4. The molecule has 3 aliphatic heterocycles. The van der Waals surface area contributed by atoms with Gasteiger partial charge in [0.1, 0.15) is 12.4 Å². The van der Waals surface area contributed by atoms with Crippen LogP contribution in [0.1, 0.15) is 24.4 Å². The van der Waals surface area contributed by atoms with Gasteiger partial charge in [-0.15, -0.1) is 16.4 Å². The number of aromatic nitrogens is 3. The predicted molar refractivity (Wildman–Crippen MR) is 102 cm³/mol. The van der Waals surface area contributed by atoms with Gasteiger partial charge >= 0.3 is 0 Å². The third kappa shape index (κ3) is 2.87.